The van der Waals surface area contributed by atoms with Crippen molar-refractivity contribution in [2.45, 2.75) is 19.5 Å². The van der Waals surface area contributed by atoms with Gasteiger partial charge in [-0.2, -0.15) is 13.2 Å². The third-order valence-corrected chi connectivity index (χ3v) is 3.71. The second kappa shape index (κ2) is 9.88. The zero-order valence-electron chi connectivity index (χ0n) is 15.2. The fourth-order valence-corrected chi connectivity index (χ4v) is 2.37. The van der Waals surface area contributed by atoms with Crippen molar-refractivity contribution in [3.8, 4) is 0 Å². The van der Waals surface area contributed by atoms with Crippen molar-refractivity contribution in [2.24, 2.45) is 0 Å². The van der Waals surface area contributed by atoms with E-state index < -0.39 is 23.6 Å². The number of hydrogen-bond acceptors (Lipinski definition) is 5. The van der Waals surface area contributed by atoms with E-state index in [1.54, 1.807) is 0 Å². The van der Waals surface area contributed by atoms with E-state index in [1.165, 1.54) is 17.2 Å². The van der Waals surface area contributed by atoms with Crippen LogP contribution in [0.25, 0.3) is 0 Å². The molecule has 1 aromatic heterocycles. The van der Waals surface area contributed by atoms with Crippen molar-refractivity contribution in [3.05, 3.63) is 47.7 Å². The average Bonchev–Trinajstić information content (AvgIpc) is 3.16. The van der Waals surface area contributed by atoms with E-state index in [0.29, 0.717) is 19.6 Å². The Hall–Kier alpha value is -2.88. The van der Waals surface area contributed by atoms with Gasteiger partial charge in [0.05, 0.1) is 5.56 Å². The van der Waals surface area contributed by atoms with Gasteiger partial charge in [-0.25, -0.2) is 0 Å². The maximum absolute atomic E-state index is 12.7. The van der Waals surface area contributed by atoms with Crippen LogP contribution in [0.15, 0.2) is 41.1 Å². The van der Waals surface area contributed by atoms with Gasteiger partial charge in [-0.1, -0.05) is 5.16 Å². The Labute approximate surface area is 159 Å². The van der Waals surface area contributed by atoms with Gasteiger partial charge in [0.25, 0.3) is 5.91 Å². The molecule has 0 saturated carbocycles. The monoisotopic (exact) mass is 399 g/mol. The summed E-state index contributed by atoms with van der Waals surface area (Å²) in [7, 11) is 0. The lowest BCUT2D eigenvalue weighted by Gasteiger charge is -2.22. The van der Waals surface area contributed by atoms with Crippen LogP contribution in [0.1, 0.15) is 29.3 Å². The summed E-state index contributed by atoms with van der Waals surface area (Å²) in [6, 6.07) is 5.30. The van der Waals surface area contributed by atoms with Gasteiger partial charge >= 0.3 is 6.18 Å². The van der Waals surface area contributed by atoms with E-state index in [9.17, 15) is 22.8 Å². The van der Waals surface area contributed by atoms with E-state index in [-0.39, 0.29) is 24.5 Å². The highest BCUT2D eigenvalue weighted by atomic mass is 19.4. The Morgan fingerprint density at radius 1 is 1.21 bits per heavy atom. The van der Waals surface area contributed by atoms with Crippen molar-refractivity contribution in [2.75, 3.05) is 31.6 Å². The number of carbonyl (C=O) groups is 2. The molecule has 0 aliphatic heterocycles. The number of nitrogens with one attached hydrogen (secondary N) is 1. The average molecular weight is 399 g/mol. The minimum absolute atomic E-state index is 0.0543. The van der Waals surface area contributed by atoms with Gasteiger partial charge in [-0.15, -0.1) is 0 Å². The van der Waals surface area contributed by atoms with Gasteiger partial charge in [-0.3, -0.25) is 9.59 Å². The largest absolute Gasteiger partial charge is 0.416 e. The predicted octanol–water partition coefficient (Wildman–Crippen LogP) is 3.20. The number of amides is 2. The second-order valence-corrected chi connectivity index (χ2v) is 5.79. The molecule has 7 nitrogen and oxygen atoms in total. The Balaban J connectivity index is 2.07. The van der Waals surface area contributed by atoms with Gasteiger partial charge in [0.2, 0.25) is 5.91 Å². The molecule has 28 heavy (non-hydrogen) atoms. The van der Waals surface area contributed by atoms with Gasteiger partial charge in [-0.05, 0) is 37.6 Å². The fourth-order valence-electron chi connectivity index (χ4n) is 2.37. The summed E-state index contributed by atoms with van der Waals surface area (Å²) >= 11 is 0. The maximum atomic E-state index is 12.7. The molecule has 0 radical (unpaired) electrons. The molecule has 0 atom stereocenters. The maximum Gasteiger partial charge on any atom is 0.416 e. The number of rotatable bonds is 9. The zero-order chi connectivity index (χ0) is 20.6. The second-order valence-electron chi connectivity index (χ2n) is 5.79. The number of aromatic nitrogens is 1. The van der Waals surface area contributed by atoms with Crippen LogP contribution in [-0.4, -0.2) is 48.2 Å². The fraction of sp³-hybridized carbons (Fsp3) is 0.389. The molecule has 2 amide bonds. The molecule has 152 valence electrons. The van der Waals surface area contributed by atoms with Gasteiger partial charge in [0, 0.05) is 31.4 Å². The lowest BCUT2D eigenvalue weighted by Crippen LogP contribution is -2.39. The number of nitrogens with zero attached hydrogens (tertiary/aromatic N) is 2. The van der Waals surface area contributed by atoms with Crippen molar-refractivity contribution < 1.29 is 32.0 Å². The van der Waals surface area contributed by atoms with E-state index in [0.717, 1.165) is 24.3 Å². The highest BCUT2D eigenvalue weighted by Gasteiger charge is 2.30. The Bertz CT molecular complexity index is 761. The first kappa shape index (κ1) is 21.4. The van der Waals surface area contributed by atoms with Crippen molar-refractivity contribution in [3.63, 3.8) is 0 Å². The molecule has 0 aliphatic rings. The molecule has 1 aromatic carbocycles. The predicted molar refractivity (Wildman–Crippen MR) is 93.6 cm³/mol. The van der Waals surface area contributed by atoms with E-state index >= 15 is 0 Å². The highest BCUT2D eigenvalue weighted by Crippen LogP contribution is 2.29. The van der Waals surface area contributed by atoms with Crippen LogP contribution in [0.5, 0.6) is 0 Å². The quantitative estimate of drug-likeness (QED) is 0.655. The minimum atomic E-state index is -4.49. The van der Waals surface area contributed by atoms with Crippen molar-refractivity contribution in [1.82, 2.24) is 10.1 Å². The van der Waals surface area contributed by atoms with Crippen LogP contribution >= 0.6 is 0 Å². The van der Waals surface area contributed by atoms with Gasteiger partial charge in [0.15, 0.2) is 5.82 Å². The van der Waals surface area contributed by atoms with Crippen LogP contribution in [0.2, 0.25) is 0 Å². The summed E-state index contributed by atoms with van der Waals surface area (Å²) in [5.74, 6) is -0.868. The topological polar surface area (TPSA) is 84.7 Å². The van der Waals surface area contributed by atoms with E-state index in [2.05, 4.69) is 15.0 Å². The lowest BCUT2D eigenvalue weighted by molar-refractivity contribution is -0.137. The molecule has 0 unspecified atom stereocenters. The van der Waals surface area contributed by atoms with Crippen LogP contribution in [0.4, 0.5) is 19.0 Å². The molecule has 0 saturated heterocycles. The zero-order valence-corrected chi connectivity index (χ0v) is 15.2. The Morgan fingerprint density at radius 2 is 1.93 bits per heavy atom. The minimum Gasteiger partial charge on any atom is -0.382 e. The number of ether oxygens (including phenoxy) is 1. The van der Waals surface area contributed by atoms with Crippen LogP contribution < -0.4 is 5.32 Å². The summed E-state index contributed by atoms with van der Waals surface area (Å²) in [4.78, 5) is 26.1. The van der Waals surface area contributed by atoms with Gasteiger partial charge in [0.1, 0.15) is 12.8 Å². The molecule has 0 spiro atoms. The first-order valence-corrected chi connectivity index (χ1v) is 8.55. The molecule has 0 aliphatic carbocycles. The molecular formula is C18H20F3N3O4. The third kappa shape index (κ3) is 6.38. The van der Waals surface area contributed by atoms with Crippen molar-refractivity contribution in [1.29, 1.82) is 0 Å². The van der Waals surface area contributed by atoms with Crippen LogP contribution in [-0.2, 0) is 15.7 Å². The first-order valence-electron chi connectivity index (χ1n) is 8.55. The molecule has 1 heterocycles. The summed E-state index contributed by atoms with van der Waals surface area (Å²) in [6.07, 6.45) is -2.74. The smallest absolute Gasteiger partial charge is 0.382 e. The summed E-state index contributed by atoms with van der Waals surface area (Å²) in [5, 5.41) is 6.02. The lowest BCUT2D eigenvalue weighted by atomic mass is 10.1. The number of carbonyl (C=O) groups excluding carboxylic acids is 2. The number of hydrogen-bond donors (Lipinski definition) is 1. The molecule has 1 N–H and O–H groups in total. The van der Waals surface area contributed by atoms with Gasteiger partial charge < -0.3 is 19.5 Å². The number of benzene rings is 1. The SMILES string of the molecule is CCOCCCN(CC(=O)Nc1ccon1)C(=O)c1ccc(C(F)(F)F)cc1. The highest BCUT2D eigenvalue weighted by molar-refractivity contribution is 5.99. The first-order chi connectivity index (χ1) is 13.3. The molecule has 10 heteroatoms. The summed E-state index contributed by atoms with van der Waals surface area (Å²) < 4.78 is 47.9. The molecular weight excluding hydrogens is 379 g/mol. The van der Waals surface area contributed by atoms with Crippen LogP contribution in [0.3, 0.4) is 0 Å². The van der Waals surface area contributed by atoms with E-state index in [1.807, 2.05) is 6.92 Å². The number of alkyl halides is 3. The molecule has 0 fully saturated rings. The van der Waals surface area contributed by atoms with Crippen LogP contribution in [0, 0.1) is 0 Å². The normalized spacial score (nSPS) is 11.3. The Morgan fingerprint density at radius 3 is 2.50 bits per heavy atom. The molecule has 2 aromatic rings. The van der Waals surface area contributed by atoms with E-state index in [4.69, 9.17) is 4.74 Å². The van der Waals surface area contributed by atoms with Crippen molar-refractivity contribution >= 4 is 17.6 Å². The molecule has 2 rings (SSSR count). The standard InChI is InChI=1S/C18H20F3N3O4/c1-2-27-10-3-9-24(12-16(25)22-15-8-11-28-23-15)17(26)13-4-6-14(7-5-13)18(19,20)21/h4-8,11H,2-3,9-10,12H2,1H3,(H,22,23,25). The summed E-state index contributed by atoms with van der Waals surface area (Å²) in [5.41, 5.74) is -0.797. The molecule has 0 bridgehead atoms. The third-order valence-electron chi connectivity index (χ3n) is 3.71. The number of halogens is 3. The Kier molecular flexibility index (Phi) is 7.56. The number of anilines is 1. The summed E-state index contributed by atoms with van der Waals surface area (Å²) in [6.45, 7) is 2.64.